The molecule has 0 aliphatic heterocycles. The Morgan fingerprint density at radius 3 is 2.47 bits per heavy atom. The summed E-state index contributed by atoms with van der Waals surface area (Å²) < 4.78 is 5.24. The quantitative estimate of drug-likeness (QED) is 0.859. The Bertz CT molecular complexity index is 536. The fraction of sp³-hybridized carbons (Fsp3) is 0.294. The van der Waals surface area contributed by atoms with Gasteiger partial charge in [-0.25, -0.2) is 0 Å². The zero-order valence-electron chi connectivity index (χ0n) is 11.8. The zero-order chi connectivity index (χ0) is 13.7. The molecule has 0 amide bonds. The average Bonchev–Trinajstić information content (AvgIpc) is 2.41. The lowest BCUT2D eigenvalue weighted by Gasteiger charge is -2.20. The summed E-state index contributed by atoms with van der Waals surface area (Å²) in [6, 6.07) is 17.0. The van der Waals surface area contributed by atoms with E-state index in [1.807, 2.05) is 12.1 Å². The molecule has 0 aliphatic carbocycles. The van der Waals surface area contributed by atoms with Gasteiger partial charge in [0, 0.05) is 24.4 Å². The molecule has 0 saturated carbocycles. The van der Waals surface area contributed by atoms with Gasteiger partial charge in [0.1, 0.15) is 0 Å². The molecule has 2 rings (SSSR count). The molecule has 0 heterocycles. The summed E-state index contributed by atoms with van der Waals surface area (Å²) in [6.45, 7) is 4.96. The molecule has 2 aromatic rings. The predicted molar refractivity (Wildman–Crippen MR) is 80.4 cm³/mol. The highest BCUT2D eigenvalue weighted by Crippen LogP contribution is 2.24. The Morgan fingerprint density at radius 2 is 1.74 bits per heavy atom. The lowest BCUT2D eigenvalue weighted by Crippen LogP contribution is -2.10. The summed E-state index contributed by atoms with van der Waals surface area (Å²) in [5, 5.41) is 3.57. The van der Waals surface area contributed by atoms with Crippen LogP contribution in [0.5, 0.6) is 0 Å². The van der Waals surface area contributed by atoms with E-state index in [1.165, 1.54) is 16.7 Å². The fourth-order valence-corrected chi connectivity index (χ4v) is 2.33. The van der Waals surface area contributed by atoms with Gasteiger partial charge >= 0.3 is 0 Å². The Kier molecular flexibility index (Phi) is 4.58. The Morgan fingerprint density at radius 1 is 1.05 bits per heavy atom. The Balaban J connectivity index is 2.19. The smallest absolute Gasteiger partial charge is 0.0733 e. The summed E-state index contributed by atoms with van der Waals surface area (Å²) in [5.74, 6) is 0. The lowest BCUT2D eigenvalue weighted by molar-refractivity contribution is 0.185. The molecule has 1 N–H and O–H groups in total. The van der Waals surface area contributed by atoms with E-state index in [9.17, 15) is 0 Å². The molecule has 1 unspecified atom stereocenters. The van der Waals surface area contributed by atoms with Crippen LogP contribution in [0.25, 0.3) is 0 Å². The van der Waals surface area contributed by atoms with Gasteiger partial charge in [-0.2, -0.15) is 0 Å². The first kappa shape index (κ1) is 13.6. The van der Waals surface area contributed by atoms with Gasteiger partial charge in [0.25, 0.3) is 0 Å². The van der Waals surface area contributed by atoms with Gasteiger partial charge < -0.3 is 10.1 Å². The maximum absolute atomic E-state index is 5.24. The molecule has 0 fully saturated rings. The third-order valence-electron chi connectivity index (χ3n) is 3.34. The molecular weight excluding hydrogens is 234 g/mol. The number of aryl methyl sites for hydroxylation is 1. The van der Waals surface area contributed by atoms with Crippen LogP contribution < -0.4 is 5.32 Å². The van der Waals surface area contributed by atoms with Crippen molar-refractivity contribution >= 4 is 5.69 Å². The summed E-state index contributed by atoms with van der Waals surface area (Å²) in [6.07, 6.45) is 0. The van der Waals surface area contributed by atoms with Gasteiger partial charge in [0.2, 0.25) is 0 Å². The van der Waals surface area contributed by atoms with Gasteiger partial charge in [0.05, 0.1) is 6.61 Å². The molecule has 19 heavy (non-hydrogen) atoms. The van der Waals surface area contributed by atoms with Crippen LogP contribution in [-0.4, -0.2) is 7.11 Å². The van der Waals surface area contributed by atoms with Crippen LogP contribution in [-0.2, 0) is 11.3 Å². The number of benzene rings is 2. The summed E-state index contributed by atoms with van der Waals surface area (Å²) in [5.41, 5.74) is 4.96. The van der Waals surface area contributed by atoms with Crippen molar-refractivity contribution in [2.75, 3.05) is 12.4 Å². The van der Waals surface area contributed by atoms with E-state index in [0.717, 1.165) is 5.69 Å². The highest BCUT2D eigenvalue weighted by Gasteiger charge is 2.09. The van der Waals surface area contributed by atoms with Crippen LogP contribution in [0.3, 0.4) is 0 Å². The first-order valence-corrected chi connectivity index (χ1v) is 6.61. The number of para-hydroxylation sites is 1. The molecule has 0 aromatic heterocycles. The molecule has 2 heteroatoms. The first-order valence-electron chi connectivity index (χ1n) is 6.61. The molecule has 100 valence electrons. The monoisotopic (exact) mass is 255 g/mol. The molecule has 0 bridgehead atoms. The van der Waals surface area contributed by atoms with Crippen LogP contribution in [0.4, 0.5) is 5.69 Å². The van der Waals surface area contributed by atoms with Gasteiger partial charge in [-0.15, -0.1) is 0 Å². The van der Waals surface area contributed by atoms with Gasteiger partial charge in [0.15, 0.2) is 0 Å². The second-order valence-electron chi connectivity index (χ2n) is 4.81. The Hall–Kier alpha value is -1.80. The maximum Gasteiger partial charge on any atom is 0.0733 e. The number of ether oxygens (including phenoxy) is 1. The van der Waals surface area contributed by atoms with Crippen molar-refractivity contribution in [1.82, 2.24) is 0 Å². The van der Waals surface area contributed by atoms with Crippen LogP contribution in [0.15, 0.2) is 48.5 Å². The third kappa shape index (κ3) is 3.36. The van der Waals surface area contributed by atoms with Crippen molar-refractivity contribution in [3.8, 4) is 0 Å². The summed E-state index contributed by atoms with van der Waals surface area (Å²) >= 11 is 0. The topological polar surface area (TPSA) is 21.3 Å². The average molecular weight is 255 g/mol. The number of hydrogen-bond donors (Lipinski definition) is 1. The highest BCUT2D eigenvalue weighted by molar-refractivity contribution is 5.52. The van der Waals surface area contributed by atoms with Crippen molar-refractivity contribution in [1.29, 1.82) is 0 Å². The fourth-order valence-electron chi connectivity index (χ4n) is 2.33. The molecule has 2 nitrogen and oxygen atoms in total. The first-order chi connectivity index (χ1) is 9.22. The molecular formula is C17H21NO. The normalized spacial score (nSPS) is 12.2. The van der Waals surface area contributed by atoms with E-state index >= 15 is 0 Å². The number of anilines is 1. The largest absolute Gasteiger partial charge is 0.380 e. The standard InChI is InChI=1S/C17H21NO/c1-13-8-4-6-10-16(13)14(2)18-17-11-7-5-9-15(17)12-19-3/h4-11,14,18H,12H2,1-3H3. The Labute approximate surface area is 115 Å². The van der Waals surface area contributed by atoms with E-state index in [-0.39, 0.29) is 6.04 Å². The van der Waals surface area contributed by atoms with Crippen molar-refractivity contribution in [2.24, 2.45) is 0 Å². The number of nitrogens with one attached hydrogen (secondary N) is 1. The van der Waals surface area contributed by atoms with Crippen LogP contribution in [0.1, 0.15) is 29.7 Å². The molecule has 2 aromatic carbocycles. The number of hydrogen-bond acceptors (Lipinski definition) is 2. The predicted octanol–water partition coefficient (Wildman–Crippen LogP) is 4.31. The van der Waals surface area contributed by atoms with Crippen LogP contribution >= 0.6 is 0 Å². The van der Waals surface area contributed by atoms with Crippen molar-refractivity contribution < 1.29 is 4.74 Å². The minimum atomic E-state index is 0.277. The molecule has 0 radical (unpaired) electrons. The number of rotatable bonds is 5. The van der Waals surface area contributed by atoms with E-state index in [1.54, 1.807) is 7.11 Å². The van der Waals surface area contributed by atoms with Gasteiger partial charge in [-0.1, -0.05) is 42.5 Å². The molecule has 0 spiro atoms. The van der Waals surface area contributed by atoms with Crippen molar-refractivity contribution in [3.05, 3.63) is 65.2 Å². The molecule has 0 saturated heterocycles. The zero-order valence-corrected chi connectivity index (χ0v) is 11.8. The SMILES string of the molecule is COCc1ccccc1NC(C)c1ccccc1C. The molecule has 0 aliphatic rings. The van der Waals surface area contributed by atoms with Crippen molar-refractivity contribution in [2.45, 2.75) is 26.5 Å². The van der Waals surface area contributed by atoms with Crippen molar-refractivity contribution in [3.63, 3.8) is 0 Å². The van der Waals surface area contributed by atoms with Crippen LogP contribution in [0, 0.1) is 6.92 Å². The van der Waals surface area contributed by atoms with Crippen LogP contribution in [0.2, 0.25) is 0 Å². The highest BCUT2D eigenvalue weighted by atomic mass is 16.5. The maximum atomic E-state index is 5.24. The summed E-state index contributed by atoms with van der Waals surface area (Å²) in [7, 11) is 1.72. The minimum Gasteiger partial charge on any atom is -0.380 e. The minimum absolute atomic E-state index is 0.277. The molecule has 1 atom stereocenters. The van der Waals surface area contributed by atoms with Gasteiger partial charge in [-0.05, 0) is 31.0 Å². The second-order valence-corrected chi connectivity index (χ2v) is 4.81. The second kappa shape index (κ2) is 6.39. The lowest BCUT2D eigenvalue weighted by atomic mass is 10.0. The van der Waals surface area contributed by atoms with E-state index in [4.69, 9.17) is 4.74 Å². The third-order valence-corrected chi connectivity index (χ3v) is 3.34. The van der Waals surface area contributed by atoms with E-state index in [0.29, 0.717) is 6.61 Å². The van der Waals surface area contributed by atoms with Gasteiger partial charge in [-0.3, -0.25) is 0 Å². The van der Waals surface area contributed by atoms with E-state index < -0.39 is 0 Å². The summed E-state index contributed by atoms with van der Waals surface area (Å²) in [4.78, 5) is 0. The number of methoxy groups -OCH3 is 1. The van der Waals surface area contributed by atoms with E-state index in [2.05, 4.69) is 55.6 Å².